The number of nitrogens with zero attached hydrogens (tertiary/aromatic N) is 5. The maximum absolute atomic E-state index is 13.0. The number of rotatable bonds is 3. The lowest BCUT2D eigenvalue weighted by Gasteiger charge is -2.05. The molecule has 3 rings (SSSR count). The van der Waals surface area contributed by atoms with Crippen LogP contribution < -0.4 is 0 Å². The summed E-state index contributed by atoms with van der Waals surface area (Å²) >= 11 is 11.7. The highest BCUT2D eigenvalue weighted by Gasteiger charge is 2.38. The van der Waals surface area contributed by atoms with Gasteiger partial charge in [0.05, 0.1) is 22.4 Å². The molecule has 2 aromatic heterocycles. The van der Waals surface area contributed by atoms with E-state index in [1.807, 2.05) is 0 Å². The highest BCUT2D eigenvalue weighted by atomic mass is 35.5. The number of halogens is 5. The molecule has 0 aliphatic carbocycles. The molecule has 0 saturated carbocycles. The largest absolute Gasteiger partial charge is 0.453 e. The second-order valence-electron chi connectivity index (χ2n) is 4.99. The molecule has 0 aliphatic rings. The van der Waals surface area contributed by atoms with E-state index in [2.05, 4.69) is 20.1 Å². The van der Waals surface area contributed by atoms with E-state index in [4.69, 9.17) is 27.8 Å². The third-order valence-electron chi connectivity index (χ3n) is 3.14. The number of alkyl halides is 3. The van der Waals surface area contributed by atoms with Crippen LogP contribution >= 0.6 is 23.2 Å². The summed E-state index contributed by atoms with van der Waals surface area (Å²) in [6.07, 6.45) is -3.43. The van der Waals surface area contributed by atoms with Crippen LogP contribution in [0.3, 0.4) is 0 Å². The zero-order valence-corrected chi connectivity index (χ0v) is 15.0. The van der Waals surface area contributed by atoms with Gasteiger partial charge in [-0.15, -0.1) is 5.10 Å². The molecule has 142 valence electrons. The van der Waals surface area contributed by atoms with Gasteiger partial charge in [0.25, 0.3) is 21.9 Å². The fourth-order valence-electron chi connectivity index (χ4n) is 1.95. The summed E-state index contributed by atoms with van der Waals surface area (Å²) in [4.78, 5) is 10.0. The smallest absolute Gasteiger partial charge is 0.282 e. The molecule has 0 unspecified atom stereocenters. The lowest BCUT2D eigenvalue weighted by Crippen LogP contribution is -2.10. The van der Waals surface area contributed by atoms with E-state index in [1.54, 1.807) is 0 Å². The molecule has 14 heteroatoms. The standard InChI is InChI=1S/C13H6Cl2F3N5O3S/c14-8-2-1-6(3-9(8)15)10-21-11(13(16,17)18)22-23(10)12-19-4-7(5-20-12)27(24,25)26/h1-5H,(H,24,25,26). The van der Waals surface area contributed by atoms with Crippen molar-refractivity contribution in [2.45, 2.75) is 11.1 Å². The topological polar surface area (TPSA) is 111 Å². The first-order valence-corrected chi connectivity index (χ1v) is 8.96. The van der Waals surface area contributed by atoms with Gasteiger partial charge < -0.3 is 0 Å². The average Bonchev–Trinajstić information content (AvgIpc) is 3.02. The van der Waals surface area contributed by atoms with Crippen molar-refractivity contribution in [1.82, 2.24) is 24.7 Å². The molecule has 0 bridgehead atoms. The molecule has 0 aliphatic heterocycles. The van der Waals surface area contributed by atoms with Crippen LogP contribution in [0.1, 0.15) is 5.82 Å². The van der Waals surface area contributed by atoms with Gasteiger partial charge in [-0.2, -0.15) is 26.3 Å². The zero-order chi connectivity index (χ0) is 20.0. The molecule has 0 atom stereocenters. The van der Waals surface area contributed by atoms with Crippen molar-refractivity contribution in [1.29, 1.82) is 0 Å². The van der Waals surface area contributed by atoms with Crippen molar-refractivity contribution in [3.63, 3.8) is 0 Å². The van der Waals surface area contributed by atoms with Gasteiger partial charge in [0.1, 0.15) is 4.90 Å². The number of benzene rings is 1. The summed E-state index contributed by atoms with van der Waals surface area (Å²) in [5.74, 6) is -2.18. The molecule has 0 spiro atoms. The third kappa shape index (κ3) is 4.03. The first-order valence-electron chi connectivity index (χ1n) is 6.76. The van der Waals surface area contributed by atoms with E-state index in [0.29, 0.717) is 17.1 Å². The molecule has 0 radical (unpaired) electrons. The molecule has 0 saturated heterocycles. The van der Waals surface area contributed by atoms with Crippen LogP contribution in [0.2, 0.25) is 10.0 Å². The van der Waals surface area contributed by atoms with Crippen molar-refractivity contribution in [2.75, 3.05) is 0 Å². The van der Waals surface area contributed by atoms with Crippen LogP contribution in [-0.2, 0) is 16.3 Å². The van der Waals surface area contributed by atoms with Gasteiger partial charge in [-0.05, 0) is 18.2 Å². The Morgan fingerprint density at radius 2 is 1.70 bits per heavy atom. The van der Waals surface area contributed by atoms with Crippen LogP contribution in [-0.4, -0.2) is 37.7 Å². The SMILES string of the molecule is O=S(=O)(O)c1cnc(-n2nc(C(F)(F)F)nc2-c2ccc(Cl)c(Cl)c2)nc1. The number of hydrogen-bond donors (Lipinski definition) is 1. The Kier molecular flexibility index (Phi) is 4.84. The summed E-state index contributed by atoms with van der Waals surface area (Å²) in [5, 5.41) is 3.59. The van der Waals surface area contributed by atoms with E-state index >= 15 is 0 Å². The Hall–Kier alpha value is -2.28. The molecular weight excluding hydrogens is 434 g/mol. The molecule has 0 fully saturated rings. The minimum Gasteiger partial charge on any atom is -0.282 e. The first kappa shape index (κ1) is 19.5. The van der Waals surface area contributed by atoms with Gasteiger partial charge in [0, 0.05) is 5.56 Å². The van der Waals surface area contributed by atoms with E-state index in [9.17, 15) is 21.6 Å². The first-order chi connectivity index (χ1) is 12.5. The fourth-order valence-corrected chi connectivity index (χ4v) is 2.62. The Morgan fingerprint density at radius 3 is 2.22 bits per heavy atom. The van der Waals surface area contributed by atoms with Crippen molar-refractivity contribution >= 4 is 33.3 Å². The lowest BCUT2D eigenvalue weighted by molar-refractivity contribution is -0.144. The maximum Gasteiger partial charge on any atom is 0.453 e. The van der Waals surface area contributed by atoms with E-state index < -0.39 is 33.0 Å². The molecule has 3 aromatic rings. The van der Waals surface area contributed by atoms with Gasteiger partial charge in [0.2, 0.25) is 0 Å². The number of aromatic nitrogens is 5. The van der Waals surface area contributed by atoms with Crippen molar-refractivity contribution in [2.24, 2.45) is 0 Å². The molecule has 1 N–H and O–H groups in total. The van der Waals surface area contributed by atoms with Gasteiger partial charge in [-0.1, -0.05) is 23.2 Å². The second-order valence-corrected chi connectivity index (χ2v) is 7.23. The van der Waals surface area contributed by atoms with Crippen LogP contribution in [0.4, 0.5) is 13.2 Å². The van der Waals surface area contributed by atoms with E-state index in [0.717, 1.165) is 0 Å². The van der Waals surface area contributed by atoms with Crippen molar-refractivity contribution in [3.8, 4) is 17.3 Å². The molecule has 2 heterocycles. The Labute approximate surface area is 159 Å². The number of hydrogen-bond acceptors (Lipinski definition) is 6. The van der Waals surface area contributed by atoms with Gasteiger partial charge in [0.15, 0.2) is 5.82 Å². The Balaban J connectivity index is 2.19. The van der Waals surface area contributed by atoms with E-state index in [-0.39, 0.29) is 21.4 Å². The van der Waals surface area contributed by atoms with Crippen LogP contribution in [0, 0.1) is 0 Å². The molecule has 1 aromatic carbocycles. The van der Waals surface area contributed by atoms with Crippen molar-refractivity contribution in [3.05, 3.63) is 46.5 Å². The van der Waals surface area contributed by atoms with E-state index in [1.165, 1.54) is 18.2 Å². The molecular formula is C13H6Cl2F3N5O3S. The van der Waals surface area contributed by atoms with Crippen molar-refractivity contribution < 1.29 is 26.1 Å². The highest BCUT2D eigenvalue weighted by molar-refractivity contribution is 7.85. The average molecular weight is 440 g/mol. The minimum atomic E-state index is -4.86. The summed E-state index contributed by atoms with van der Waals surface area (Å²) in [5.41, 5.74) is 0.134. The Morgan fingerprint density at radius 1 is 1.07 bits per heavy atom. The summed E-state index contributed by atoms with van der Waals surface area (Å²) in [6.45, 7) is 0. The third-order valence-corrected chi connectivity index (χ3v) is 4.69. The predicted octanol–water partition coefficient (Wildman–Crippen LogP) is 3.30. The predicted molar refractivity (Wildman–Crippen MR) is 87.2 cm³/mol. The van der Waals surface area contributed by atoms with Gasteiger partial charge >= 0.3 is 6.18 Å². The normalized spacial score (nSPS) is 12.4. The van der Waals surface area contributed by atoms with Crippen LogP contribution in [0.15, 0.2) is 35.5 Å². The minimum absolute atomic E-state index is 0.0694. The molecule has 27 heavy (non-hydrogen) atoms. The highest BCUT2D eigenvalue weighted by Crippen LogP contribution is 2.32. The maximum atomic E-state index is 13.0. The summed E-state index contributed by atoms with van der Waals surface area (Å²) in [7, 11) is -4.57. The zero-order valence-electron chi connectivity index (χ0n) is 12.7. The molecule has 8 nitrogen and oxygen atoms in total. The molecule has 0 amide bonds. The fraction of sp³-hybridized carbons (Fsp3) is 0.0769. The monoisotopic (exact) mass is 439 g/mol. The quantitative estimate of drug-likeness (QED) is 0.623. The van der Waals surface area contributed by atoms with Gasteiger partial charge in [-0.25, -0.2) is 15.0 Å². The van der Waals surface area contributed by atoms with Gasteiger partial charge in [-0.3, -0.25) is 4.55 Å². The summed E-state index contributed by atoms with van der Waals surface area (Å²) < 4.78 is 70.8. The van der Waals surface area contributed by atoms with Crippen LogP contribution in [0.5, 0.6) is 0 Å². The van der Waals surface area contributed by atoms with Crippen LogP contribution in [0.25, 0.3) is 17.3 Å². The Bertz CT molecular complexity index is 1120. The lowest BCUT2D eigenvalue weighted by atomic mass is 10.2. The second kappa shape index (κ2) is 6.71. The summed E-state index contributed by atoms with van der Waals surface area (Å²) in [6, 6.07) is 3.99.